The molecule has 2 heterocycles. The van der Waals surface area contributed by atoms with Crippen molar-refractivity contribution in [2.45, 2.75) is 12.8 Å². The molecule has 0 atom stereocenters. The predicted octanol–water partition coefficient (Wildman–Crippen LogP) is 5.37. The Morgan fingerprint density at radius 2 is 1.87 bits per heavy atom. The lowest BCUT2D eigenvalue weighted by molar-refractivity contribution is -0.141. The van der Waals surface area contributed by atoms with Crippen LogP contribution in [0.25, 0.3) is 16.7 Å². The number of para-hydroxylation sites is 1. The topological polar surface area (TPSA) is 57.3 Å². The van der Waals surface area contributed by atoms with Gasteiger partial charge in [0, 0.05) is 6.07 Å². The fraction of sp³-hybridized carbons (Fsp3) is 0.100. The number of ether oxygens (including phenoxy) is 1. The first-order valence-corrected chi connectivity index (χ1v) is 8.87. The molecule has 0 aliphatic rings. The quantitative estimate of drug-likeness (QED) is 0.317. The van der Waals surface area contributed by atoms with Gasteiger partial charge < -0.3 is 9.15 Å². The third kappa shape index (κ3) is 3.88. The Bertz CT molecular complexity index is 1300. The monoisotopic (exact) mass is 438 g/mol. The largest absolute Gasteiger partial charge is 0.473 e. The summed E-state index contributed by atoms with van der Waals surface area (Å²) in [6, 6.07) is 12.0. The van der Waals surface area contributed by atoms with E-state index < -0.39 is 23.3 Å². The highest BCUT2D eigenvalue weighted by molar-refractivity contribution is 6.32. The molecule has 5 nitrogen and oxygen atoms in total. The second-order valence-electron chi connectivity index (χ2n) is 6.26. The van der Waals surface area contributed by atoms with Crippen molar-refractivity contribution in [3.8, 4) is 11.6 Å². The average Bonchev–Trinajstić information content (AvgIpc) is 3.11. The first-order chi connectivity index (χ1) is 14.2. The summed E-state index contributed by atoms with van der Waals surface area (Å²) in [5, 5.41) is 3.85. The molecule has 0 saturated heterocycles. The SMILES string of the molecule is O=c1cc(F)c2ccc(COc3cc(C(F)(F)F)nn3-c3ccccc3Cl)cc2o1. The number of rotatable bonds is 4. The maximum Gasteiger partial charge on any atom is 0.435 e. The Morgan fingerprint density at radius 1 is 1.10 bits per heavy atom. The first-order valence-electron chi connectivity index (χ1n) is 8.49. The van der Waals surface area contributed by atoms with Gasteiger partial charge in [-0.05, 0) is 29.8 Å². The highest BCUT2D eigenvalue weighted by Crippen LogP contribution is 2.34. The Balaban J connectivity index is 1.69. The fourth-order valence-electron chi connectivity index (χ4n) is 2.82. The minimum absolute atomic E-state index is 0.00306. The molecule has 0 bridgehead atoms. The van der Waals surface area contributed by atoms with E-state index in [4.69, 9.17) is 20.8 Å². The van der Waals surface area contributed by atoms with Crippen LogP contribution >= 0.6 is 11.6 Å². The summed E-state index contributed by atoms with van der Waals surface area (Å²) in [6.07, 6.45) is -4.69. The number of hydrogen-bond donors (Lipinski definition) is 0. The van der Waals surface area contributed by atoms with Gasteiger partial charge in [0.2, 0.25) is 5.88 Å². The Morgan fingerprint density at radius 3 is 2.60 bits per heavy atom. The van der Waals surface area contributed by atoms with Crippen molar-refractivity contribution in [2.24, 2.45) is 0 Å². The normalized spacial score (nSPS) is 11.8. The predicted molar refractivity (Wildman–Crippen MR) is 100 cm³/mol. The molecule has 0 spiro atoms. The van der Waals surface area contributed by atoms with Crippen LogP contribution in [0.1, 0.15) is 11.3 Å². The van der Waals surface area contributed by atoms with Crippen molar-refractivity contribution < 1.29 is 26.7 Å². The van der Waals surface area contributed by atoms with Crippen LogP contribution in [0, 0.1) is 5.82 Å². The molecular formula is C20H11ClF4N2O3. The van der Waals surface area contributed by atoms with E-state index in [0.717, 1.165) is 16.8 Å². The molecule has 4 rings (SSSR count). The van der Waals surface area contributed by atoms with Gasteiger partial charge in [-0.25, -0.2) is 9.18 Å². The standard InChI is InChI=1S/C20H11ClF4N2O3/c21-13-3-1-2-4-15(13)27-18(9-17(26-27)20(23,24)25)29-10-11-5-6-12-14(22)8-19(28)30-16(12)7-11/h1-9H,10H2. The van der Waals surface area contributed by atoms with E-state index >= 15 is 0 Å². The van der Waals surface area contributed by atoms with Crippen LogP contribution < -0.4 is 10.4 Å². The Kier molecular flexibility index (Phi) is 4.98. The van der Waals surface area contributed by atoms with Crippen LogP contribution in [0.5, 0.6) is 5.88 Å². The van der Waals surface area contributed by atoms with Crippen LogP contribution in [0.3, 0.4) is 0 Å². The van der Waals surface area contributed by atoms with Crippen molar-refractivity contribution in [3.05, 3.63) is 87.1 Å². The Labute approximate surface area is 171 Å². The zero-order valence-corrected chi connectivity index (χ0v) is 15.7. The summed E-state index contributed by atoms with van der Waals surface area (Å²) >= 11 is 6.09. The maximum absolute atomic E-state index is 13.8. The summed E-state index contributed by atoms with van der Waals surface area (Å²) in [4.78, 5) is 11.4. The zero-order valence-electron chi connectivity index (χ0n) is 14.9. The number of fused-ring (bicyclic) bond motifs is 1. The van der Waals surface area contributed by atoms with E-state index in [1.54, 1.807) is 12.1 Å². The lowest BCUT2D eigenvalue weighted by Gasteiger charge is -2.10. The van der Waals surface area contributed by atoms with Crippen LogP contribution in [-0.4, -0.2) is 9.78 Å². The van der Waals surface area contributed by atoms with E-state index in [-0.39, 0.29) is 34.2 Å². The number of benzene rings is 2. The molecule has 0 aliphatic heterocycles. The molecule has 30 heavy (non-hydrogen) atoms. The minimum Gasteiger partial charge on any atom is -0.473 e. The second-order valence-corrected chi connectivity index (χ2v) is 6.67. The van der Waals surface area contributed by atoms with Gasteiger partial charge in [-0.15, -0.1) is 0 Å². The molecule has 0 N–H and O–H groups in total. The number of nitrogens with zero attached hydrogens (tertiary/aromatic N) is 2. The smallest absolute Gasteiger partial charge is 0.435 e. The fourth-order valence-corrected chi connectivity index (χ4v) is 3.03. The number of alkyl halides is 3. The van der Waals surface area contributed by atoms with E-state index in [2.05, 4.69) is 5.10 Å². The van der Waals surface area contributed by atoms with Crippen molar-refractivity contribution in [3.63, 3.8) is 0 Å². The molecule has 0 saturated carbocycles. The zero-order chi connectivity index (χ0) is 21.5. The van der Waals surface area contributed by atoms with Crippen molar-refractivity contribution in [2.75, 3.05) is 0 Å². The third-order valence-electron chi connectivity index (χ3n) is 4.19. The molecule has 2 aromatic carbocycles. The van der Waals surface area contributed by atoms with Gasteiger partial charge in [0.05, 0.1) is 22.2 Å². The highest BCUT2D eigenvalue weighted by Gasteiger charge is 2.35. The molecule has 0 radical (unpaired) electrons. The molecule has 2 aromatic heterocycles. The van der Waals surface area contributed by atoms with Crippen LogP contribution in [0.4, 0.5) is 17.6 Å². The van der Waals surface area contributed by atoms with Crippen molar-refractivity contribution >= 4 is 22.6 Å². The van der Waals surface area contributed by atoms with E-state index in [9.17, 15) is 22.4 Å². The Hall–Kier alpha value is -3.33. The summed E-state index contributed by atoms with van der Waals surface area (Å²) in [5.74, 6) is -0.934. The van der Waals surface area contributed by atoms with Gasteiger partial charge in [0.15, 0.2) is 5.69 Å². The second kappa shape index (κ2) is 7.49. The highest BCUT2D eigenvalue weighted by atomic mass is 35.5. The lowest BCUT2D eigenvalue weighted by Crippen LogP contribution is -2.08. The summed E-state index contributed by atoms with van der Waals surface area (Å²) in [6.45, 7) is -0.191. The summed E-state index contributed by atoms with van der Waals surface area (Å²) < 4.78 is 64.8. The number of halogens is 5. The van der Waals surface area contributed by atoms with Crippen LogP contribution in [-0.2, 0) is 12.8 Å². The van der Waals surface area contributed by atoms with E-state index in [0.29, 0.717) is 5.56 Å². The van der Waals surface area contributed by atoms with Crippen LogP contribution in [0.15, 0.2) is 63.8 Å². The van der Waals surface area contributed by atoms with Gasteiger partial charge in [-0.2, -0.15) is 23.0 Å². The first kappa shape index (κ1) is 20.0. The van der Waals surface area contributed by atoms with Gasteiger partial charge >= 0.3 is 11.8 Å². The maximum atomic E-state index is 13.8. The van der Waals surface area contributed by atoms with Gasteiger partial charge in [-0.1, -0.05) is 29.8 Å². The number of aromatic nitrogens is 2. The third-order valence-corrected chi connectivity index (χ3v) is 4.51. The minimum atomic E-state index is -4.69. The molecular weight excluding hydrogens is 428 g/mol. The summed E-state index contributed by atoms with van der Waals surface area (Å²) in [7, 11) is 0. The van der Waals surface area contributed by atoms with Crippen molar-refractivity contribution in [1.82, 2.24) is 9.78 Å². The molecule has 0 fully saturated rings. The molecule has 4 aromatic rings. The van der Waals surface area contributed by atoms with Gasteiger partial charge in [0.25, 0.3) is 0 Å². The van der Waals surface area contributed by atoms with Crippen molar-refractivity contribution in [1.29, 1.82) is 0 Å². The molecule has 0 amide bonds. The molecule has 10 heteroatoms. The number of hydrogen-bond acceptors (Lipinski definition) is 4. The van der Waals surface area contributed by atoms with Crippen LogP contribution in [0.2, 0.25) is 5.02 Å². The van der Waals surface area contributed by atoms with E-state index in [1.165, 1.54) is 30.3 Å². The summed E-state index contributed by atoms with van der Waals surface area (Å²) in [5.41, 5.74) is -1.36. The molecule has 0 unspecified atom stereocenters. The molecule has 154 valence electrons. The van der Waals surface area contributed by atoms with E-state index in [1.807, 2.05) is 0 Å². The van der Waals surface area contributed by atoms with Gasteiger partial charge in [0.1, 0.15) is 18.0 Å². The average molecular weight is 439 g/mol. The lowest BCUT2D eigenvalue weighted by atomic mass is 10.1. The van der Waals surface area contributed by atoms with Gasteiger partial charge in [-0.3, -0.25) is 0 Å². The molecule has 0 aliphatic carbocycles.